The predicted molar refractivity (Wildman–Crippen MR) is 95.6 cm³/mol. The van der Waals surface area contributed by atoms with Crippen molar-refractivity contribution >= 4 is 21.8 Å². The van der Waals surface area contributed by atoms with Crippen molar-refractivity contribution < 1.29 is 18.0 Å². The molecule has 2 amide bonds. The van der Waals surface area contributed by atoms with Gasteiger partial charge in [0.25, 0.3) is 5.91 Å². The van der Waals surface area contributed by atoms with Gasteiger partial charge in [-0.2, -0.15) is 4.31 Å². The van der Waals surface area contributed by atoms with Gasteiger partial charge in [-0.25, -0.2) is 8.42 Å². The van der Waals surface area contributed by atoms with Gasteiger partial charge in [0.15, 0.2) is 0 Å². The Kier molecular flexibility index (Phi) is 5.77. The largest absolute Gasteiger partial charge is 0.288 e. The minimum absolute atomic E-state index is 0.135. The highest BCUT2D eigenvalue weighted by atomic mass is 32.2. The second-order valence-electron chi connectivity index (χ2n) is 6.03. The average molecular weight is 389 g/mol. The molecule has 1 aliphatic rings. The summed E-state index contributed by atoms with van der Waals surface area (Å²) in [5.74, 6) is -1.24. The fourth-order valence-corrected chi connectivity index (χ4v) is 4.22. The molecule has 0 radical (unpaired) electrons. The number of hydrogen-bond acceptors (Lipinski definition) is 6. The fourth-order valence-electron chi connectivity index (χ4n) is 2.79. The minimum Gasteiger partial charge on any atom is -0.273 e. The predicted octanol–water partition coefficient (Wildman–Crippen LogP) is 0.339. The van der Waals surface area contributed by atoms with Gasteiger partial charge in [0, 0.05) is 37.6 Å². The van der Waals surface area contributed by atoms with Crippen LogP contribution in [0.3, 0.4) is 0 Å². The van der Waals surface area contributed by atoms with E-state index in [9.17, 15) is 18.0 Å². The molecule has 27 heavy (non-hydrogen) atoms. The number of hydrazine groups is 1. The first-order chi connectivity index (χ1) is 13.0. The Labute approximate surface area is 156 Å². The lowest BCUT2D eigenvalue weighted by Gasteiger charge is -2.30. The van der Waals surface area contributed by atoms with Crippen LogP contribution in [0.5, 0.6) is 0 Å². The Morgan fingerprint density at radius 1 is 1.04 bits per heavy atom. The topological polar surface area (TPSA) is 121 Å². The first-order valence-electron chi connectivity index (χ1n) is 8.40. The molecule has 1 fully saturated rings. The number of sulfonamides is 1. The van der Waals surface area contributed by atoms with Gasteiger partial charge in [0.2, 0.25) is 15.9 Å². The third-order valence-electron chi connectivity index (χ3n) is 4.29. The second kappa shape index (κ2) is 8.23. The lowest BCUT2D eigenvalue weighted by molar-refractivity contribution is -0.126. The number of amides is 2. The molecule has 0 aromatic carbocycles. The van der Waals surface area contributed by atoms with Crippen molar-refractivity contribution in [3.63, 3.8) is 0 Å². The van der Waals surface area contributed by atoms with E-state index in [1.54, 1.807) is 18.2 Å². The number of aromatic nitrogens is 2. The molecule has 2 N–H and O–H groups in total. The molecule has 0 saturated carbocycles. The quantitative estimate of drug-likeness (QED) is 0.727. The van der Waals surface area contributed by atoms with Crippen LogP contribution in [0.1, 0.15) is 23.3 Å². The molecule has 0 spiro atoms. The monoisotopic (exact) mass is 389 g/mol. The van der Waals surface area contributed by atoms with E-state index in [1.807, 2.05) is 0 Å². The molecule has 0 aliphatic carbocycles. The van der Waals surface area contributed by atoms with E-state index >= 15 is 0 Å². The van der Waals surface area contributed by atoms with Crippen LogP contribution in [0.15, 0.2) is 53.8 Å². The maximum absolute atomic E-state index is 12.6. The molecular formula is C17H19N5O4S. The van der Waals surface area contributed by atoms with Crippen LogP contribution >= 0.6 is 0 Å². The summed E-state index contributed by atoms with van der Waals surface area (Å²) >= 11 is 0. The van der Waals surface area contributed by atoms with Gasteiger partial charge in [-0.15, -0.1) is 0 Å². The molecule has 142 valence electrons. The van der Waals surface area contributed by atoms with Gasteiger partial charge in [-0.1, -0.05) is 6.07 Å². The number of carbonyl (C=O) groups is 2. The first-order valence-corrected chi connectivity index (χ1v) is 9.84. The Morgan fingerprint density at radius 2 is 1.81 bits per heavy atom. The highest BCUT2D eigenvalue weighted by Crippen LogP contribution is 2.23. The first kappa shape index (κ1) is 18.9. The summed E-state index contributed by atoms with van der Waals surface area (Å²) in [5, 5.41) is 0. The molecule has 3 rings (SSSR count). The van der Waals surface area contributed by atoms with Crippen molar-refractivity contribution in [1.29, 1.82) is 0 Å². The Balaban J connectivity index is 1.51. The number of nitrogens with zero attached hydrogens (tertiary/aromatic N) is 3. The highest BCUT2D eigenvalue weighted by molar-refractivity contribution is 7.89. The maximum Gasteiger partial charge on any atom is 0.288 e. The van der Waals surface area contributed by atoms with Crippen LogP contribution in [0.25, 0.3) is 0 Å². The Morgan fingerprint density at radius 3 is 2.44 bits per heavy atom. The number of pyridine rings is 2. The SMILES string of the molecule is O=C(NNC(=O)C1CCN(S(=O)(=O)c2cccnc2)CC1)c1ccccn1. The number of carbonyl (C=O) groups excluding carboxylic acids is 2. The van der Waals surface area contributed by atoms with Crippen molar-refractivity contribution in [2.45, 2.75) is 17.7 Å². The Hall–Kier alpha value is -2.85. The van der Waals surface area contributed by atoms with E-state index in [4.69, 9.17) is 0 Å². The van der Waals surface area contributed by atoms with Crippen molar-refractivity contribution in [1.82, 2.24) is 25.1 Å². The standard InChI is InChI=1S/C17H19N5O4S/c23-16(20-21-17(24)15-5-1-2-9-19-15)13-6-10-22(11-7-13)27(25,26)14-4-3-8-18-12-14/h1-5,8-9,12-13H,6-7,10-11H2,(H,20,23)(H,21,24). The maximum atomic E-state index is 12.6. The summed E-state index contributed by atoms with van der Waals surface area (Å²) in [6.45, 7) is 0.451. The molecule has 10 heteroatoms. The summed E-state index contributed by atoms with van der Waals surface area (Å²) in [7, 11) is -3.61. The zero-order valence-corrected chi connectivity index (χ0v) is 15.2. The third-order valence-corrected chi connectivity index (χ3v) is 6.18. The molecular weight excluding hydrogens is 370 g/mol. The second-order valence-corrected chi connectivity index (χ2v) is 7.96. The van der Waals surface area contributed by atoms with Crippen LogP contribution in [0.2, 0.25) is 0 Å². The summed E-state index contributed by atoms with van der Waals surface area (Å²) in [5.41, 5.74) is 4.89. The Bertz CT molecular complexity index is 897. The molecule has 0 bridgehead atoms. The minimum atomic E-state index is -3.61. The van der Waals surface area contributed by atoms with Crippen LogP contribution in [0, 0.1) is 5.92 Å². The van der Waals surface area contributed by atoms with Gasteiger partial charge in [0.05, 0.1) is 0 Å². The van der Waals surface area contributed by atoms with Crippen LogP contribution < -0.4 is 10.9 Å². The van der Waals surface area contributed by atoms with Crippen molar-refractivity contribution in [3.8, 4) is 0 Å². The summed E-state index contributed by atoms with van der Waals surface area (Å²) in [6, 6.07) is 7.94. The molecule has 1 saturated heterocycles. The fraction of sp³-hybridized carbons (Fsp3) is 0.294. The molecule has 1 aliphatic heterocycles. The van der Waals surface area contributed by atoms with Crippen molar-refractivity contribution in [3.05, 3.63) is 54.6 Å². The van der Waals surface area contributed by atoms with Crippen LogP contribution in [0.4, 0.5) is 0 Å². The lowest BCUT2D eigenvalue weighted by Crippen LogP contribution is -2.48. The van der Waals surface area contributed by atoms with Gasteiger partial charge < -0.3 is 0 Å². The van der Waals surface area contributed by atoms with E-state index in [0.29, 0.717) is 12.8 Å². The van der Waals surface area contributed by atoms with E-state index in [-0.39, 0.29) is 35.5 Å². The lowest BCUT2D eigenvalue weighted by atomic mass is 9.98. The molecule has 0 unspecified atom stereocenters. The smallest absolute Gasteiger partial charge is 0.273 e. The average Bonchev–Trinajstić information content (AvgIpc) is 2.73. The molecule has 9 nitrogen and oxygen atoms in total. The highest BCUT2D eigenvalue weighted by Gasteiger charge is 2.32. The van der Waals surface area contributed by atoms with Crippen LogP contribution in [-0.4, -0.2) is 47.6 Å². The van der Waals surface area contributed by atoms with E-state index in [0.717, 1.165) is 0 Å². The summed E-state index contributed by atoms with van der Waals surface area (Å²) < 4.78 is 26.5. The molecule has 2 aromatic rings. The number of rotatable bonds is 4. The number of nitrogens with one attached hydrogen (secondary N) is 2. The van der Waals surface area contributed by atoms with Gasteiger partial charge in [-0.05, 0) is 37.1 Å². The van der Waals surface area contributed by atoms with E-state index in [2.05, 4.69) is 20.8 Å². The van der Waals surface area contributed by atoms with Crippen molar-refractivity contribution in [2.75, 3.05) is 13.1 Å². The van der Waals surface area contributed by atoms with Crippen LogP contribution in [-0.2, 0) is 14.8 Å². The summed E-state index contributed by atoms with van der Waals surface area (Å²) in [4.78, 5) is 32.0. The van der Waals surface area contributed by atoms with E-state index in [1.165, 1.54) is 35.0 Å². The van der Waals surface area contributed by atoms with Crippen molar-refractivity contribution in [2.24, 2.45) is 5.92 Å². The van der Waals surface area contributed by atoms with Gasteiger partial charge in [-0.3, -0.25) is 30.4 Å². The summed E-state index contributed by atoms with van der Waals surface area (Å²) in [6.07, 6.45) is 5.03. The van der Waals surface area contributed by atoms with Gasteiger partial charge in [0.1, 0.15) is 10.6 Å². The van der Waals surface area contributed by atoms with Gasteiger partial charge >= 0.3 is 0 Å². The third kappa shape index (κ3) is 4.47. The number of piperidine rings is 1. The number of hydrogen-bond donors (Lipinski definition) is 2. The zero-order valence-electron chi connectivity index (χ0n) is 14.4. The molecule has 0 atom stereocenters. The normalized spacial score (nSPS) is 15.9. The zero-order chi connectivity index (χ0) is 19.3. The molecule has 2 aromatic heterocycles. The molecule has 3 heterocycles. The van der Waals surface area contributed by atoms with E-state index < -0.39 is 15.9 Å².